The van der Waals surface area contributed by atoms with Crippen LogP contribution >= 0.6 is 11.6 Å². The fourth-order valence-electron chi connectivity index (χ4n) is 4.52. The zero-order valence-corrected chi connectivity index (χ0v) is 18.2. The molecule has 1 unspecified atom stereocenters. The topological polar surface area (TPSA) is 67.2 Å². The Hall–Kier alpha value is -2.55. The van der Waals surface area contributed by atoms with Gasteiger partial charge in [-0.3, -0.25) is 9.59 Å². The number of imidazole rings is 1. The molecule has 6 nitrogen and oxygen atoms in total. The normalized spacial score (nSPS) is 18.9. The number of hydrogen-bond donors (Lipinski definition) is 1. The minimum Gasteiger partial charge on any atom is -0.338 e. The molecule has 1 saturated heterocycles. The second-order valence-corrected chi connectivity index (χ2v) is 8.55. The van der Waals surface area contributed by atoms with Gasteiger partial charge in [-0.15, -0.1) is 11.6 Å². The molecular weight excluding hydrogens is 445 g/mol. The molecule has 0 aliphatic carbocycles. The smallest absolute Gasteiger partial charge is 0.338 e. The van der Waals surface area contributed by atoms with E-state index in [9.17, 15) is 22.8 Å². The average Bonchev–Trinajstić information content (AvgIpc) is 3.22. The van der Waals surface area contributed by atoms with Crippen LogP contribution in [0.1, 0.15) is 59.0 Å². The van der Waals surface area contributed by atoms with Gasteiger partial charge in [-0.2, -0.15) is 13.2 Å². The predicted octanol–water partition coefficient (Wildman–Crippen LogP) is 4.44. The van der Waals surface area contributed by atoms with Crippen LogP contribution in [0.3, 0.4) is 0 Å². The van der Waals surface area contributed by atoms with Crippen LogP contribution < -0.4 is 5.32 Å². The van der Waals surface area contributed by atoms with Gasteiger partial charge in [0.1, 0.15) is 11.7 Å². The first kappa shape index (κ1) is 22.6. The highest BCUT2D eigenvalue weighted by molar-refractivity contribution is 6.29. The van der Waals surface area contributed by atoms with E-state index in [2.05, 4.69) is 14.9 Å². The number of benzene rings is 1. The maximum Gasteiger partial charge on any atom is 0.416 e. The van der Waals surface area contributed by atoms with E-state index in [0.717, 1.165) is 56.6 Å². The monoisotopic (exact) mass is 468 g/mol. The van der Waals surface area contributed by atoms with Crippen molar-refractivity contribution < 1.29 is 22.8 Å². The third-order valence-electron chi connectivity index (χ3n) is 6.02. The van der Waals surface area contributed by atoms with Gasteiger partial charge in [0, 0.05) is 48.7 Å². The van der Waals surface area contributed by atoms with Crippen molar-refractivity contribution in [1.82, 2.24) is 14.5 Å². The molecule has 1 aromatic carbocycles. The van der Waals surface area contributed by atoms with Gasteiger partial charge >= 0.3 is 6.18 Å². The standard InChI is InChI=1S/C22H24ClF3N4O2/c23-11-19(31)28-17-9-15(8-16(10-17)22(24,25)26)21(32)29-6-3-4-14(13-29)20-27-12-18-5-1-2-7-30(18)20/h8-10,12,14H,1-7,11,13H2,(H,28,31). The minimum absolute atomic E-state index is 0.0424. The van der Waals surface area contributed by atoms with E-state index in [1.54, 1.807) is 4.90 Å². The minimum atomic E-state index is -4.66. The van der Waals surface area contributed by atoms with E-state index in [4.69, 9.17) is 11.6 Å². The number of nitrogens with one attached hydrogen (secondary N) is 1. The first-order chi connectivity index (χ1) is 15.3. The molecule has 1 aromatic heterocycles. The largest absolute Gasteiger partial charge is 0.416 e. The van der Waals surface area contributed by atoms with Crippen molar-refractivity contribution in [3.05, 3.63) is 47.0 Å². The number of fused-ring (bicyclic) bond motifs is 1. The quantitative estimate of drug-likeness (QED) is 0.675. The fourth-order valence-corrected chi connectivity index (χ4v) is 4.59. The zero-order chi connectivity index (χ0) is 22.9. The Bertz CT molecular complexity index is 1020. The van der Waals surface area contributed by atoms with E-state index < -0.39 is 29.4 Å². The number of rotatable bonds is 4. The lowest BCUT2D eigenvalue weighted by molar-refractivity contribution is -0.137. The first-order valence-corrected chi connectivity index (χ1v) is 11.2. The van der Waals surface area contributed by atoms with Crippen molar-refractivity contribution in [2.45, 2.75) is 50.7 Å². The highest BCUT2D eigenvalue weighted by Crippen LogP contribution is 2.34. The van der Waals surface area contributed by atoms with Crippen LogP contribution in [0.2, 0.25) is 0 Å². The van der Waals surface area contributed by atoms with Gasteiger partial charge in [0.2, 0.25) is 5.91 Å². The molecule has 1 atom stereocenters. The number of anilines is 1. The van der Waals surface area contributed by atoms with Crippen molar-refractivity contribution in [3.63, 3.8) is 0 Å². The maximum absolute atomic E-state index is 13.4. The van der Waals surface area contributed by atoms with E-state index in [0.29, 0.717) is 13.1 Å². The Labute approximate surface area is 188 Å². The van der Waals surface area contributed by atoms with Crippen molar-refractivity contribution in [2.24, 2.45) is 0 Å². The predicted molar refractivity (Wildman–Crippen MR) is 114 cm³/mol. The molecule has 2 amide bonds. The van der Waals surface area contributed by atoms with Crippen molar-refractivity contribution in [3.8, 4) is 0 Å². The van der Waals surface area contributed by atoms with Crippen LogP contribution in [0, 0.1) is 0 Å². The summed E-state index contributed by atoms with van der Waals surface area (Å²) in [6.07, 6.45) is 2.08. The number of carbonyl (C=O) groups excluding carboxylic acids is 2. The Morgan fingerprint density at radius 2 is 1.97 bits per heavy atom. The molecular formula is C22H24ClF3N4O2. The van der Waals surface area contributed by atoms with Gasteiger partial charge in [-0.05, 0) is 50.3 Å². The van der Waals surface area contributed by atoms with Gasteiger partial charge in [-0.1, -0.05) is 0 Å². The third kappa shape index (κ3) is 4.77. The molecule has 3 heterocycles. The number of amides is 2. The Morgan fingerprint density at radius 3 is 2.72 bits per heavy atom. The van der Waals surface area contributed by atoms with E-state index in [-0.39, 0.29) is 17.2 Å². The van der Waals surface area contributed by atoms with E-state index >= 15 is 0 Å². The summed E-state index contributed by atoms with van der Waals surface area (Å²) in [5.74, 6) is -0.543. The van der Waals surface area contributed by atoms with Crippen LogP contribution in [0.25, 0.3) is 0 Å². The lowest BCUT2D eigenvalue weighted by atomic mass is 9.95. The zero-order valence-electron chi connectivity index (χ0n) is 17.4. The van der Waals surface area contributed by atoms with E-state index in [1.807, 2.05) is 6.20 Å². The van der Waals surface area contributed by atoms with Crippen molar-refractivity contribution in [2.75, 3.05) is 24.3 Å². The summed E-state index contributed by atoms with van der Waals surface area (Å²) in [7, 11) is 0. The fraction of sp³-hybridized carbons (Fsp3) is 0.500. The number of nitrogens with zero attached hydrogens (tertiary/aromatic N) is 3. The number of alkyl halides is 4. The van der Waals surface area contributed by atoms with Gasteiger partial charge in [-0.25, -0.2) is 4.98 Å². The number of hydrogen-bond acceptors (Lipinski definition) is 3. The molecule has 1 N–H and O–H groups in total. The molecule has 32 heavy (non-hydrogen) atoms. The molecule has 0 bridgehead atoms. The number of piperidine rings is 1. The average molecular weight is 469 g/mol. The summed E-state index contributed by atoms with van der Waals surface area (Å²) in [4.78, 5) is 31.0. The van der Waals surface area contributed by atoms with E-state index in [1.165, 1.54) is 11.8 Å². The van der Waals surface area contributed by atoms with Gasteiger partial charge < -0.3 is 14.8 Å². The Morgan fingerprint density at radius 1 is 1.16 bits per heavy atom. The summed E-state index contributed by atoms with van der Waals surface area (Å²) >= 11 is 5.45. The van der Waals surface area contributed by atoms with Crippen LogP contribution in [0.5, 0.6) is 0 Å². The van der Waals surface area contributed by atoms with Gasteiger partial charge in [0.05, 0.1) is 5.56 Å². The molecule has 1 fully saturated rings. The molecule has 0 radical (unpaired) electrons. The third-order valence-corrected chi connectivity index (χ3v) is 6.26. The summed E-state index contributed by atoms with van der Waals surface area (Å²) in [6, 6.07) is 2.90. The lowest BCUT2D eigenvalue weighted by Crippen LogP contribution is -2.40. The highest BCUT2D eigenvalue weighted by atomic mass is 35.5. The summed E-state index contributed by atoms with van der Waals surface area (Å²) < 4.78 is 42.4. The SMILES string of the molecule is O=C(CCl)Nc1cc(C(=O)N2CCCC(c3ncc4n3CCCC4)C2)cc(C(F)(F)F)c1. The molecule has 2 aromatic rings. The van der Waals surface area contributed by atoms with Crippen LogP contribution in [-0.4, -0.2) is 45.2 Å². The molecule has 0 spiro atoms. The Kier molecular flexibility index (Phi) is 6.46. The summed E-state index contributed by atoms with van der Waals surface area (Å²) in [5.41, 5.74) is -0.0171. The van der Waals surface area contributed by atoms with Crippen LogP contribution in [0.4, 0.5) is 18.9 Å². The number of halogens is 4. The molecule has 172 valence electrons. The maximum atomic E-state index is 13.4. The number of aromatic nitrogens is 2. The van der Waals surface area contributed by atoms with Crippen molar-refractivity contribution >= 4 is 29.1 Å². The number of aryl methyl sites for hydroxylation is 1. The second-order valence-electron chi connectivity index (χ2n) is 8.29. The van der Waals surface area contributed by atoms with Gasteiger partial charge in [0.15, 0.2) is 0 Å². The van der Waals surface area contributed by atoms with Gasteiger partial charge in [0.25, 0.3) is 5.91 Å². The molecule has 4 rings (SSSR count). The lowest BCUT2D eigenvalue weighted by Gasteiger charge is -2.33. The molecule has 0 saturated carbocycles. The summed E-state index contributed by atoms with van der Waals surface area (Å²) in [6.45, 7) is 1.77. The first-order valence-electron chi connectivity index (χ1n) is 10.7. The number of likely N-dealkylation sites (tertiary alicyclic amines) is 1. The molecule has 10 heteroatoms. The van der Waals surface area contributed by atoms with Crippen LogP contribution in [0.15, 0.2) is 24.4 Å². The number of carbonyl (C=O) groups is 2. The Balaban J connectivity index is 1.58. The molecule has 2 aliphatic rings. The second kappa shape index (κ2) is 9.13. The highest BCUT2D eigenvalue weighted by Gasteiger charge is 2.34. The molecule has 2 aliphatic heterocycles. The van der Waals surface area contributed by atoms with Crippen molar-refractivity contribution in [1.29, 1.82) is 0 Å². The van der Waals surface area contributed by atoms with Crippen LogP contribution in [-0.2, 0) is 23.9 Å². The summed E-state index contributed by atoms with van der Waals surface area (Å²) in [5, 5.41) is 2.31.